The van der Waals surface area contributed by atoms with Gasteiger partial charge in [0.1, 0.15) is 0 Å². The highest BCUT2D eigenvalue weighted by Gasteiger charge is 2.17. The Morgan fingerprint density at radius 2 is 1.74 bits per heavy atom. The highest BCUT2D eigenvalue weighted by Crippen LogP contribution is 2.29. The summed E-state index contributed by atoms with van der Waals surface area (Å²) >= 11 is 13.2. The maximum absolute atomic E-state index is 12.5. The van der Waals surface area contributed by atoms with E-state index in [9.17, 15) is 4.79 Å². The highest BCUT2D eigenvalue weighted by atomic mass is 35.5. The van der Waals surface area contributed by atoms with Crippen molar-refractivity contribution >= 4 is 46.6 Å². The number of thioether (sulfide) groups is 1. The second-order valence-corrected chi connectivity index (χ2v) is 8.44. The summed E-state index contributed by atoms with van der Waals surface area (Å²) in [5.41, 5.74) is 3.53. The molecular formula is C22H17Cl2N5OS. The van der Waals surface area contributed by atoms with Gasteiger partial charge in [-0.15, -0.1) is 10.2 Å². The highest BCUT2D eigenvalue weighted by molar-refractivity contribution is 7.99. The zero-order valence-electron chi connectivity index (χ0n) is 16.4. The zero-order valence-corrected chi connectivity index (χ0v) is 18.7. The van der Waals surface area contributed by atoms with Crippen LogP contribution in [0.4, 0.5) is 5.69 Å². The second-order valence-electron chi connectivity index (χ2n) is 6.68. The first-order chi connectivity index (χ1) is 15.0. The summed E-state index contributed by atoms with van der Waals surface area (Å²) in [4.78, 5) is 16.5. The van der Waals surface area contributed by atoms with Crippen LogP contribution in [0.15, 0.2) is 72.1 Å². The Morgan fingerprint density at radius 3 is 2.45 bits per heavy atom. The molecule has 0 aliphatic heterocycles. The summed E-state index contributed by atoms with van der Waals surface area (Å²) in [7, 11) is 0. The smallest absolute Gasteiger partial charge is 0.234 e. The zero-order chi connectivity index (χ0) is 21.8. The van der Waals surface area contributed by atoms with Gasteiger partial charge in [-0.3, -0.25) is 14.3 Å². The molecule has 2 heterocycles. The molecule has 0 radical (unpaired) electrons. The Kier molecular flexibility index (Phi) is 6.56. The van der Waals surface area contributed by atoms with Gasteiger partial charge in [-0.25, -0.2) is 0 Å². The van der Waals surface area contributed by atoms with Gasteiger partial charge in [0.05, 0.1) is 15.8 Å². The first-order valence-electron chi connectivity index (χ1n) is 9.32. The number of amides is 1. The molecule has 0 saturated carbocycles. The molecule has 2 aromatic carbocycles. The van der Waals surface area contributed by atoms with E-state index in [1.54, 1.807) is 30.6 Å². The van der Waals surface area contributed by atoms with E-state index in [0.717, 1.165) is 16.8 Å². The number of rotatable bonds is 6. The Labute approximate surface area is 193 Å². The number of carbonyl (C=O) groups excluding carboxylic acids is 1. The average molecular weight is 470 g/mol. The minimum Gasteiger partial charge on any atom is -0.325 e. The van der Waals surface area contributed by atoms with Gasteiger partial charge in [0.15, 0.2) is 11.0 Å². The molecule has 0 saturated heterocycles. The lowest BCUT2D eigenvalue weighted by Crippen LogP contribution is -2.14. The summed E-state index contributed by atoms with van der Waals surface area (Å²) in [5.74, 6) is 0.645. The topological polar surface area (TPSA) is 72.7 Å². The minimum atomic E-state index is -0.188. The van der Waals surface area contributed by atoms with Crippen LogP contribution >= 0.6 is 35.0 Å². The van der Waals surface area contributed by atoms with Gasteiger partial charge in [0.2, 0.25) is 5.91 Å². The Hall–Kier alpha value is -2.87. The van der Waals surface area contributed by atoms with Crippen molar-refractivity contribution in [3.63, 3.8) is 0 Å². The molecule has 156 valence electrons. The van der Waals surface area contributed by atoms with Gasteiger partial charge >= 0.3 is 0 Å². The Morgan fingerprint density at radius 1 is 1.00 bits per heavy atom. The molecule has 0 aliphatic rings. The standard InChI is InChI=1S/C22H17Cl2N5OS/c1-14-2-5-17(6-3-14)29-21(15-8-10-25-11-9-15)27-28-22(29)31-13-20(30)26-16-4-7-18(23)19(24)12-16/h2-12H,13H2,1H3,(H,26,30). The summed E-state index contributed by atoms with van der Waals surface area (Å²) in [6.07, 6.45) is 3.42. The number of nitrogens with zero attached hydrogens (tertiary/aromatic N) is 4. The van der Waals surface area contributed by atoms with Crippen LogP contribution in [0.2, 0.25) is 10.0 Å². The lowest BCUT2D eigenvalue weighted by Gasteiger charge is -2.11. The van der Waals surface area contributed by atoms with Crippen LogP contribution in [-0.2, 0) is 4.79 Å². The molecule has 0 spiro atoms. The fourth-order valence-corrected chi connectivity index (χ4v) is 3.93. The van der Waals surface area contributed by atoms with Gasteiger partial charge in [-0.05, 0) is 49.4 Å². The molecule has 4 aromatic rings. The summed E-state index contributed by atoms with van der Waals surface area (Å²) in [5, 5.41) is 12.9. The van der Waals surface area contributed by atoms with Crippen molar-refractivity contribution in [1.82, 2.24) is 19.7 Å². The fraction of sp³-hybridized carbons (Fsp3) is 0.0909. The van der Waals surface area contributed by atoms with Crippen LogP contribution in [0.1, 0.15) is 5.56 Å². The lowest BCUT2D eigenvalue weighted by atomic mass is 10.2. The van der Waals surface area contributed by atoms with Crippen LogP contribution < -0.4 is 5.32 Å². The number of carbonyl (C=O) groups is 1. The molecule has 0 fully saturated rings. The van der Waals surface area contributed by atoms with Crippen LogP contribution in [0, 0.1) is 6.92 Å². The predicted molar refractivity (Wildman–Crippen MR) is 125 cm³/mol. The van der Waals surface area contributed by atoms with Gasteiger partial charge < -0.3 is 5.32 Å². The number of benzene rings is 2. The lowest BCUT2D eigenvalue weighted by molar-refractivity contribution is -0.113. The van der Waals surface area contributed by atoms with Gasteiger partial charge in [-0.1, -0.05) is 52.7 Å². The predicted octanol–water partition coefficient (Wildman–Crippen LogP) is 5.68. The first-order valence-corrected chi connectivity index (χ1v) is 11.1. The Bertz CT molecular complexity index is 1210. The molecule has 6 nitrogen and oxygen atoms in total. The second kappa shape index (κ2) is 9.51. The van der Waals surface area contributed by atoms with Crippen molar-refractivity contribution < 1.29 is 4.79 Å². The van der Waals surface area contributed by atoms with Crippen LogP contribution in [0.5, 0.6) is 0 Å². The molecule has 4 rings (SSSR count). The average Bonchev–Trinajstić information content (AvgIpc) is 3.20. The third kappa shape index (κ3) is 5.07. The van der Waals surface area contributed by atoms with E-state index in [2.05, 4.69) is 20.5 Å². The molecule has 2 aromatic heterocycles. The number of nitrogens with one attached hydrogen (secondary N) is 1. The number of pyridine rings is 1. The molecule has 0 unspecified atom stereocenters. The van der Waals surface area contributed by atoms with Gasteiger partial charge in [0.25, 0.3) is 0 Å². The van der Waals surface area contributed by atoms with Crippen molar-refractivity contribution in [2.45, 2.75) is 12.1 Å². The fourth-order valence-electron chi connectivity index (χ4n) is 2.88. The number of anilines is 1. The first kappa shape index (κ1) is 21.4. The third-order valence-electron chi connectivity index (χ3n) is 4.40. The van der Waals surface area contributed by atoms with Crippen molar-refractivity contribution in [3.8, 4) is 17.1 Å². The molecule has 31 heavy (non-hydrogen) atoms. The van der Waals surface area contributed by atoms with Crippen LogP contribution in [-0.4, -0.2) is 31.4 Å². The maximum atomic E-state index is 12.5. The summed E-state index contributed by atoms with van der Waals surface area (Å²) in [6.45, 7) is 2.03. The molecule has 0 bridgehead atoms. The van der Waals surface area contributed by atoms with Crippen molar-refractivity contribution in [2.75, 3.05) is 11.1 Å². The van der Waals surface area contributed by atoms with E-state index in [0.29, 0.717) is 26.7 Å². The van der Waals surface area contributed by atoms with E-state index in [4.69, 9.17) is 23.2 Å². The van der Waals surface area contributed by atoms with Crippen molar-refractivity contribution in [1.29, 1.82) is 0 Å². The van der Waals surface area contributed by atoms with E-state index in [-0.39, 0.29) is 11.7 Å². The number of aryl methyl sites for hydroxylation is 1. The van der Waals surface area contributed by atoms with E-state index in [1.807, 2.05) is 47.9 Å². The Balaban J connectivity index is 1.57. The molecule has 9 heteroatoms. The van der Waals surface area contributed by atoms with E-state index in [1.165, 1.54) is 11.8 Å². The summed E-state index contributed by atoms with van der Waals surface area (Å²) in [6, 6.07) is 16.8. The number of hydrogen-bond donors (Lipinski definition) is 1. The summed E-state index contributed by atoms with van der Waals surface area (Å²) < 4.78 is 1.94. The van der Waals surface area contributed by atoms with Crippen LogP contribution in [0.25, 0.3) is 17.1 Å². The van der Waals surface area contributed by atoms with E-state index < -0.39 is 0 Å². The molecule has 1 amide bonds. The third-order valence-corrected chi connectivity index (χ3v) is 6.07. The van der Waals surface area contributed by atoms with Gasteiger partial charge in [0, 0.05) is 29.3 Å². The largest absolute Gasteiger partial charge is 0.325 e. The molecular weight excluding hydrogens is 453 g/mol. The number of halogens is 2. The van der Waals surface area contributed by atoms with Crippen LogP contribution in [0.3, 0.4) is 0 Å². The maximum Gasteiger partial charge on any atom is 0.234 e. The van der Waals surface area contributed by atoms with Crippen molar-refractivity contribution in [2.24, 2.45) is 0 Å². The number of aromatic nitrogens is 4. The molecule has 0 aliphatic carbocycles. The normalized spacial score (nSPS) is 10.8. The molecule has 0 atom stereocenters. The number of hydrogen-bond acceptors (Lipinski definition) is 5. The quantitative estimate of drug-likeness (QED) is 0.368. The van der Waals surface area contributed by atoms with E-state index >= 15 is 0 Å². The minimum absolute atomic E-state index is 0.153. The van der Waals surface area contributed by atoms with Crippen molar-refractivity contribution in [3.05, 3.63) is 82.6 Å². The SMILES string of the molecule is Cc1ccc(-n2c(SCC(=O)Nc3ccc(Cl)c(Cl)c3)nnc2-c2ccncc2)cc1. The van der Waals surface area contributed by atoms with Gasteiger partial charge in [-0.2, -0.15) is 0 Å². The monoisotopic (exact) mass is 469 g/mol. The molecule has 1 N–H and O–H groups in total.